The van der Waals surface area contributed by atoms with Crippen molar-refractivity contribution in [3.63, 3.8) is 0 Å². The summed E-state index contributed by atoms with van der Waals surface area (Å²) in [5.41, 5.74) is 1.98. The largest absolute Gasteiger partial charge is 0.385 e. The van der Waals surface area contributed by atoms with Gasteiger partial charge in [-0.25, -0.2) is 0 Å². The number of nitrogens with one attached hydrogen (secondary N) is 2. The normalized spacial score (nSPS) is 22.8. The zero-order valence-electron chi connectivity index (χ0n) is 15.9. The maximum Gasteiger partial charge on any atom is 0.261 e. The summed E-state index contributed by atoms with van der Waals surface area (Å²) in [7, 11) is 0. The minimum Gasteiger partial charge on any atom is -0.385 e. The highest BCUT2D eigenvalue weighted by Crippen LogP contribution is 2.28. The van der Waals surface area contributed by atoms with Crippen LogP contribution in [-0.4, -0.2) is 41.1 Å². The number of hydrogen-bond donors (Lipinski definition) is 2. The number of carbonyl (C=O) groups excluding carboxylic acids is 2. The van der Waals surface area contributed by atoms with Crippen molar-refractivity contribution in [1.82, 2.24) is 9.62 Å². The van der Waals surface area contributed by atoms with Gasteiger partial charge in [-0.3, -0.25) is 19.2 Å². The van der Waals surface area contributed by atoms with Crippen LogP contribution in [0.25, 0.3) is 0 Å². The molecule has 5 nitrogen and oxygen atoms in total. The quantitative estimate of drug-likeness (QED) is 0.559. The lowest BCUT2D eigenvalue weighted by Gasteiger charge is -2.29. The molecule has 142 valence electrons. The number of anilines is 1. The lowest BCUT2D eigenvalue weighted by molar-refractivity contribution is 0.0663. The maximum atomic E-state index is 12.3. The smallest absolute Gasteiger partial charge is 0.261 e. The minimum atomic E-state index is -0.177. The highest BCUT2D eigenvalue weighted by Gasteiger charge is 2.34. The molecule has 3 rings (SSSR count). The van der Waals surface area contributed by atoms with Crippen molar-refractivity contribution in [2.75, 3.05) is 18.4 Å². The van der Waals surface area contributed by atoms with Gasteiger partial charge in [0.15, 0.2) is 0 Å². The van der Waals surface area contributed by atoms with E-state index >= 15 is 0 Å². The molecule has 6 heteroatoms. The number of nitrogens with zero attached hydrogens (tertiary/aromatic N) is 1. The highest BCUT2D eigenvalue weighted by atomic mass is 32.2. The van der Waals surface area contributed by atoms with E-state index in [-0.39, 0.29) is 11.8 Å². The SMILES string of the molecule is CCN1C(=O)c2ccc(NC[C@H]3CC[C@H](NSC(C)C)CC3)cc2C1=O. The lowest BCUT2D eigenvalue weighted by atomic mass is 9.86. The fourth-order valence-corrected chi connectivity index (χ4v) is 4.37. The second-order valence-corrected chi connectivity index (χ2v) is 8.91. The van der Waals surface area contributed by atoms with Gasteiger partial charge in [-0.05, 0) is 56.7 Å². The standard InChI is InChI=1S/C20H29N3O2S/c1-4-23-19(24)17-10-9-16(11-18(17)20(23)25)21-12-14-5-7-15(8-6-14)22-26-13(2)3/h9-11,13-15,21-22H,4-8,12H2,1-3H3/t14-,15-. The van der Waals surface area contributed by atoms with Gasteiger partial charge < -0.3 is 5.32 Å². The molecule has 1 aromatic rings. The van der Waals surface area contributed by atoms with Gasteiger partial charge >= 0.3 is 0 Å². The van der Waals surface area contributed by atoms with Gasteiger partial charge in [-0.1, -0.05) is 25.8 Å². The molecule has 0 radical (unpaired) electrons. The molecule has 2 N–H and O–H groups in total. The molecule has 1 aromatic carbocycles. The van der Waals surface area contributed by atoms with Gasteiger partial charge in [-0.2, -0.15) is 0 Å². The summed E-state index contributed by atoms with van der Waals surface area (Å²) in [6.45, 7) is 7.58. The first kappa shape index (κ1) is 19.2. The molecule has 0 spiro atoms. The summed E-state index contributed by atoms with van der Waals surface area (Å²) in [5.74, 6) is 0.310. The minimum absolute atomic E-state index is 0.176. The van der Waals surface area contributed by atoms with Crippen molar-refractivity contribution in [3.8, 4) is 0 Å². The first-order valence-corrected chi connectivity index (χ1v) is 10.5. The molecule has 26 heavy (non-hydrogen) atoms. The third-order valence-electron chi connectivity index (χ3n) is 5.20. The lowest BCUT2D eigenvalue weighted by Crippen LogP contribution is -2.31. The Morgan fingerprint density at radius 2 is 1.81 bits per heavy atom. The average molecular weight is 376 g/mol. The van der Waals surface area contributed by atoms with Gasteiger partial charge in [0.1, 0.15) is 0 Å². The van der Waals surface area contributed by atoms with Crippen LogP contribution in [0.4, 0.5) is 5.69 Å². The predicted octanol–water partition coefficient (Wildman–Crippen LogP) is 3.92. The topological polar surface area (TPSA) is 61.4 Å². The Balaban J connectivity index is 1.50. The highest BCUT2D eigenvalue weighted by molar-refractivity contribution is 7.98. The Kier molecular flexibility index (Phi) is 6.24. The van der Waals surface area contributed by atoms with Gasteiger partial charge in [0.25, 0.3) is 11.8 Å². The van der Waals surface area contributed by atoms with Crippen molar-refractivity contribution in [1.29, 1.82) is 0 Å². The van der Waals surface area contributed by atoms with E-state index in [4.69, 9.17) is 0 Å². The maximum absolute atomic E-state index is 12.3. The molecule has 0 bridgehead atoms. The van der Waals surface area contributed by atoms with Crippen molar-refractivity contribution in [2.45, 2.75) is 57.7 Å². The van der Waals surface area contributed by atoms with Crippen LogP contribution < -0.4 is 10.0 Å². The molecule has 0 saturated heterocycles. The molecule has 2 aliphatic rings. The van der Waals surface area contributed by atoms with E-state index in [2.05, 4.69) is 23.9 Å². The fourth-order valence-electron chi connectivity index (χ4n) is 3.67. The van der Waals surface area contributed by atoms with E-state index in [1.54, 1.807) is 6.07 Å². The van der Waals surface area contributed by atoms with Crippen LogP contribution in [0.1, 0.15) is 67.2 Å². The Hall–Kier alpha value is -1.53. The monoisotopic (exact) mass is 375 g/mol. The molecule has 0 unspecified atom stereocenters. The summed E-state index contributed by atoms with van der Waals surface area (Å²) in [6, 6.07) is 6.15. The van der Waals surface area contributed by atoms with Crippen LogP contribution in [0.15, 0.2) is 18.2 Å². The number of rotatable bonds is 7. The molecule has 1 saturated carbocycles. The summed E-state index contributed by atoms with van der Waals surface area (Å²) < 4.78 is 3.58. The van der Waals surface area contributed by atoms with Gasteiger partial charge in [0, 0.05) is 30.1 Å². The third kappa shape index (κ3) is 4.23. The van der Waals surface area contributed by atoms with E-state index in [1.807, 2.05) is 31.0 Å². The Morgan fingerprint density at radius 1 is 1.12 bits per heavy atom. The number of carbonyl (C=O) groups is 2. The molecule has 0 atom stereocenters. The third-order valence-corrected chi connectivity index (χ3v) is 6.14. The molecule has 0 aromatic heterocycles. The zero-order valence-corrected chi connectivity index (χ0v) is 16.7. The first-order chi connectivity index (χ1) is 12.5. The molecule has 2 amide bonds. The number of amides is 2. The van der Waals surface area contributed by atoms with E-state index in [0.717, 1.165) is 12.2 Å². The van der Waals surface area contributed by atoms with Crippen LogP contribution in [0.3, 0.4) is 0 Å². The molecule has 1 aliphatic carbocycles. The molecular weight excluding hydrogens is 346 g/mol. The van der Waals surface area contributed by atoms with E-state index in [9.17, 15) is 9.59 Å². The van der Waals surface area contributed by atoms with Crippen LogP contribution in [0.2, 0.25) is 0 Å². The molecular formula is C20H29N3O2S. The first-order valence-electron chi connectivity index (χ1n) is 9.64. The van der Waals surface area contributed by atoms with Gasteiger partial charge in [0.2, 0.25) is 0 Å². The summed E-state index contributed by atoms with van der Waals surface area (Å²) in [4.78, 5) is 25.8. The summed E-state index contributed by atoms with van der Waals surface area (Å²) in [5, 5.41) is 4.09. The molecule has 1 fully saturated rings. The van der Waals surface area contributed by atoms with Crippen molar-refractivity contribution in [2.24, 2.45) is 5.92 Å². The summed E-state index contributed by atoms with van der Waals surface area (Å²) >= 11 is 1.83. The van der Waals surface area contributed by atoms with E-state index in [1.165, 1.54) is 30.6 Å². The van der Waals surface area contributed by atoms with Crippen molar-refractivity contribution >= 4 is 29.4 Å². The number of imide groups is 1. The second kappa shape index (κ2) is 8.44. The number of benzene rings is 1. The fraction of sp³-hybridized carbons (Fsp3) is 0.600. The zero-order chi connectivity index (χ0) is 18.7. The van der Waals surface area contributed by atoms with E-state index < -0.39 is 0 Å². The van der Waals surface area contributed by atoms with E-state index in [0.29, 0.717) is 34.9 Å². The summed E-state index contributed by atoms with van der Waals surface area (Å²) in [6.07, 6.45) is 4.87. The van der Waals surface area contributed by atoms with Crippen LogP contribution >= 0.6 is 11.9 Å². The number of fused-ring (bicyclic) bond motifs is 1. The van der Waals surface area contributed by atoms with Gasteiger partial charge in [0.05, 0.1) is 11.1 Å². The van der Waals surface area contributed by atoms with Gasteiger partial charge in [-0.15, -0.1) is 0 Å². The second-order valence-electron chi connectivity index (χ2n) is 7.50. The molecule has 1 heterocycles. The van der Waals surface area contributed by atoms with Crippen LogP contribution in [0, 0.1) is 5.92 Å². The van der Waals surface area contributed by atoms with Crippen molar-refractivity contribution in [3.05, 3.63) is 29.3 Å². The Morgan fingerprint density at radius 3 is 2.46 bits per heavy atom. The molecule has 1 aliphatic heterocycles. The van der Waals surface area contributed by atoms with Crippen molar-refractivity contribution < 1.29 is 9.59 Å². The average Bonchev–Trinajstić information content (AvgIpc) is 2.89. The number of hydrogen-bond acceptors (Lipinski definition) is 5. The Bertz CT molecular complexity index is 669. The van der Waals surface area contributed by atoms with Crippen LogP contribution in [-0.2, 0) is 0 Å². The predicted molar refractivity (Wildman–Crippen MR) is 108 cm³/mol. The Labute approximate surface area is 160 Å². The van der Waals surface area contributed by atoms with Crippen LogP contribution in [0.5, 0.6) is 0 Å².